The van der Waals surface area contributed by atoms with Crippen molar-refractivity contribution in [3.05, 3.63) is 42.0 Å². The van der Waals surface area contributed by atoms with Gasteiger partial charge in [-0.15, -0.1) is 6.58 Å². The van der Waals surface area contributed by atoms with Crippen LogP contribution in [-0.4, -0.2) is 19.7 Å². The second kappa shape index (κ2) is 5.84. The van der Waals surface area contributed by atoms with Crippen molar-refractivity contribution in [3.63, 3.8) is 0 Å². The summed E-state index contributed by atoms with van der Waals surface area (Å²) in [6, 6.07) is 6.58. The van der Waals surface area contributed by atoms with Gasteiger partial charge in [-0.2, -0.15) is 0 Å². The normalized spacial score (nSPS) is 15.1. The lowest BCUT2D eigenvalue weighted by atomic mass is 10.0. The molecule has 0 spiro atoms. The summed E-state index contributed by atoms with van der Waals surface area (Å²) in [4.78, 5) is 0. The molecule has 0 fully saturated rings. The minimum absolute atomic E-state index is 0.223. The summed E-state index contributed by atoms with van der Waals surface area (Å²) in [5.41, 5.74) is 8.36. The molecule has 1 unspecified atom stereocenters. The lowest BCUT2D eigenvalue weighted by molar-refractivity contribution is 0.356. The van der Waals surface area contributed by atoms with Crippen LogP contribution < -0.4 is 15.8 Å². The first-order valence-electron chi connectivity index (χ1n) is 6.15. The second-order valence-electron chi connectivity index (χ2n) is 4.29. The molecule has 0 aromatic heterocycles. The highest BCUT2D eigenvalue weighted by Gasteiger charge is 2.15. The van der Waals surface area contributed by atoms with E-state index in [-0.39, 0.29) is 6.04 Å². The van der Waals surface area contributed by atoms with Gasteiger partial charge in [-0.05, 0) is 30.2 Å². The van der Waals surface area contributed by atoms with Crippen LogP contribution in [0.5, 0.6) is 5.75 Å². The zero-order chi connectivity index (χ0) is 12.1. The van der Waals surface area contributed by atoms with Crippen LogP contribution in [0.2, 0.25) is 0 Å². The Bertz CT molecular complexity index is 390. The third-order valence-corrected chi connectivity index (χ3v) is 3.09. The zero-order valence-corrected chi connectivity index (χ0v) is 10.1. The molecule has 17 heavy (non-hydrogen) atoms. The van der Waals surface area contributed by atoms with Gasteiger partial charge in [0, 0.05) is 19.0 Å². The van der Waals surface area contributed by atoms with Crippen LogP contribution >= 0.6 is 0 Å². The fourth-order valence-electron chi connectivity index (χ4n) is 2.12. The van der Waals surface area contributed by atoms with E-state index >= 15 is 0 Å². The van der Waals surface area contributed by atoms with E-state index < -0.39 is 0 Å². The molecule has 1 heterocycles. The predicted molar refractivity (Wildman–Crippen MR) is 70.3 cm³/mol. The SMILES string of the molecule is C=CCCNC(CN)c1ccc2c(c1)CCO2. The van der Waals surface area contributed by atoms with Gasteiger partial charge in [0.05, 0.1) is 6.61 Å². The van der Waals surface area contributed by atoms with Gasteiger partial charge in [0.15, 0.2) is 0 Å². The Kier molecular flexibility index (Phi) is 4.18. The molecule has 0 aliphatic carbocycles. The monoisotopic (exact) mass is 232 g/mol. The van der Waals surface area contributed by atoms with Crippen molar-refractivity contribution in [2.24, 2.45) is 5.73 Å². The molecule has 3 nitrogen and oxygen atoms in total. The number of ether oxygens (including phenoxy) is 1. The fourth-order valence-corrected chi connectivity index (χ4v) is 2.12. The molecule has 0 saturated heterocycles. The number of hydrogen-bond acceptors (Lipinski definition) is 3. The molecule has 1 aromatic rings. The molecule has 1 aliphatic heterocycles. The van der Waals surface area contributed by atoms with Gasteiger partial charge in [-0.1, -0.05) is 18.2 Å². The molecule has 1 atom stereocenters. The molecule has 3 N–H and O–H groups in total. The van der Waals surface area contributed by atoms with Gasteiger partial charge in [0.25, 0.3) is 0 Å². The first-order chi connectivity index (χ1) is 8.35. The van der Waals surface area contributed by atoms with Crippen LogP contribution in [0.3, 0.4) is 0 Å². The topological polar surface area (TPSA) is 47.3 Å². The molecule has 1 aliphatic rings. The van der Waals surface area contributed by atoms with Crippen molar-refractivity contribution in [3.8, 4) is 5.75 Å². The van der Waals surface area contributed by atoms with Crippen LogP contribution in [0, 0.1) is 0 Å². The smallest absolute Gasteiger partial charge is 0.122 e. The van der Waals surface area contributed by atoms with Gasteiger partial charge in [0.2, 0.25) is 0 Å². The largest absolute Gasteiger partial charge is 0.493 e. The van der Waals surface area contributed by atoms with Crippen LogP contribution in [0.1, 0.15) is 23.6 Å². The van der Waals surface area contributed by atoms with E-state index in [4.69, 9.17) is 10.5 Å². The number of nitrogens with one attached hydrogen (secondary N) is 1. The maximum atomic E-state index is 5.81. The van der Waals surface area contributed by atoms with Gasteiger partial charge in [-0.3, -0.25) is 0 Å². The Morgan fingerprint density at radius 2 is 2.41 bits per heavy atom. The summed E-state index contributed by atoms with van der Waals surface area (Å²) >= 11 is 0. The van der Waals surface area contributed by atoms with Crippen LogP contribution in [0.4, 0.5) is 0 Å². The standard InChI is InChI=1S/C14H20N2O/c1-2-3-7-16-13(10-15)11-4-5-14-12(9-11)6-8-17-14/h2,4-5,9,13,16H,1,3,6-8,10,15H2. The van der Waals surface area contributed by atoms with Crippen molar-refractivity contribution in [2.75, 3.05) is 19.7 Å². The maximum Gasteiger partial charge on any atom is 0.122 e. The third kappa shape index (κ3) is 2.87. The highest BCUT2D eigenvalue weighted by molar-refractivity contribution is 5.40. The fraction of sp³-hybridized carbons (Fsp3) is 0.429. The lowest BCUT2D eigenvalue weighted by Crippen LogP contribution is -2.28. The molecule has 92 valence electrons. The van der Waals surface area contributed by atoms with E-state index in [9.17, 15) is 0 Å². The summed E-state index contributed by atoms with van der Waals surface area (Å²) in [5.74, 6) is 1.02. The van der Waals surface area contributed by atoms with Gasteiger partial charge in [0.1, 0.15) is 5.75 Å². The quantitative estimate of drug-likeness (QED) is 0.580. The molecular weight excluding hydrogens is 212 g/mol. The van der Waals surface area contributed by atoms with Crippen LogP contribution in [0.15, 0.2) is 30.9 Å². The van der Waals surface area contributed by atoms with E-state index in [0.717, 1.165) is 31.7 Å². The molecule has 2 rings (SSSR count). The number of benzene rings is 1. The second-order valence-corrected chi connectivity index (χ2v) is 4.29. The number of fused-ring (bicyclic) bond motifs is 1. The Balaban J connectivity index is 2.05. The molecule has 3 heteroatoms. The van der Waals surface area contributed by atoms with E-state index in [1.165, 1.54) is 11.1 Å². The lowest BCUT2D eigenvalue weighted by Gasteiger charge is -2.17. The minimum Gasteiger partial charge on any atom is -0.493 e. The maximum absolute atomic E-state index is 5.81. The van der Waals surface area contributed by atoms with Crippen molar-refractivity contribution < 1.29 is 4.74 Å². The average Bonchev–Trinajstić information content (AvgIpc) is 2.82. The molecule has 1 aromatic carbocycles. The van der Waals surface area contributed by atoms with Crippen LogP contribution in [0.25, 0.3) is 0 Å². The molecular formula is C14H20N2O. The van der Waals surface area contributed by atoms with Crippen molar-refractivity contribution in [2.45, 2.75) is 18.9 Å². The molecule has 0 amide bonds. The summed E-state index contributed by atoms with van der Waals surface area (Å²) in [6.07, 6.45) is 3.88. The first-order valence-corrected chi connectivity index (χ1v) is 6.15. The number of rotatable bonds is 6. The molecule has 0 radical (unpaired) electrons. The predicted octanol–water partition coefficient (Wildman–Crippen LogP) is 1.79. The van der Waals surface area contributed by atoms with Crippen molar-refractivity contribution in [1.82, 2.24) is 5.32 Å². The third-order valence-electron chi connectivity index (χ3n) is 3.09. The Labute approximate surface area is 103 Å². The molecule has 0 saturated carbocycles. The number of hydrogen-bond donors (Lipinski definition) is 2. The first kappa shape index (κ1) is 12.1. The van der Waals surface area contributed by atoms with E-state index in [1.54, 1.807) is 0 Å². The van der Waals surface area contributed by atoms with Crippen molar-refractivity contribution in [1.29, 1.82) is 0 Å². The summed E-state index contributed by atoms with van der Waals surface area (Å²) in [5, 5.41) is 3.44. The van der Waals surface area contributed by atoms with Gasteiger partial charge in [-0.25, -0.2) is 0 Å². The van der Waals surface area contributed by atoms with E-state index in [0.29, 0.717) is 6.54 Å². The van der Waals surface area contributed by atoms with Gasteiger partial charge < -0.3 is 15.8 Å². The summed E-state index contributed by atoms with van der Waals surface area (Å²) in [7, 11) is 0. The van der Waals surface area contributed by atoms with E-state index in [1.807, 2.05) is 6.08 Å². The average molecular weight is 232 g/mol. The summed E-state index contributed by atoms with van der Waals surface area (Å²) in [6.45, 7) is 6.04. The minimum atomic E-state index is 0.223. The zero-order valence-electron chi connectivity index (χ0n) is 10.1. The van der Waals surface area contributed by atoms with Gasteiger partial charge >= 0.3 is 0 Å². The summed E-state index contributed by atoms with van der Waals surface area (Å²) < 4.78 is 5.50. The number of nitrogens with two attached hydrogens (primary N) is 1. The Hall–Kier alpha value is -1.32. The highest BCUT2D eigenvalue weighted by atomic mass is 16.5. The van der Waals surface area contributed by atoms with Crippen LogP contribution in [-0.2, 0) is 6.42 Å². The molecule has 0 bridgehead atoms. The van der Waals surface area contributed by atoms with Crippen molar-refractivity contribution >= 4 is 0 Å². The Morgan fingerprint density at radius 1 is 1.53 bits per heavy atom. The Morgan fingerprint density at radius 3 is 3.18 bits per heavy atom. The van der Waals surface area contributed by atoms with E-state index in [2.05, 4.69) is 30.1 Å². The highest BCUT2D eigenvalue weighted by Crippen LogP contribution is 2.27.